The number of aryl methyl sites for hydroxylation is 1. The fraction of sp³-hybridized carbons (Fsp3) is 0.643. The minimum absolute atomic E-state index is 0.587. The highest BCUT2D eigenvalue weighted by Crippen LogP contribution is 2.33. The van der Waals surface area contributed by atoms with Crippen LogP contribution in [0.5, 0.6) is 0 Å². The average Bonchev–Trinajstić information content (AvgIpc) is 2.76. The molecule has 1 saturated heterocycles. The standard InChI is InChI=1S/C14H23N3/c1-5-17-8-6-7-13(17)12-10-15-14(16(3)4)9-11(12)2/h9-10,13H,5-8H2,1-4H3/t13-/m0/s1. The van der Waals surface area contributed by atoms with Crippen LogP contribution < -0.4 is 4.90 Å². The Hall–Kier alpha value is -1.09. The molecule has 0 spiro atoms. The second-order valence-corrected chi connectivity index (χ2v) is 5.08. The number of aromatic nitrogens is 1. The van der Waals surface area contributed by atoms with Gasteiger partial charge in [-0.1, -0.05) is 6.92 Å². The summed E-state index contributed by atoms with van der Waals surface area (Å²) in [6.07, 6.45) is 4.66. The largest absolute Gasteiger partial charge is 0.363 e. The molecular formula is C14H23N3. The van der Waals surface area contributed by atoms with Crippen LogP contribution in [0.15, 0.2) is 12.3 Å². The van der Waals surface area contributed by atoms with Gasteiger partial charge < -0.3 is 4.90 Å². The highest BCUT2D eigenvalue weighted by atomic mass is 15.2. The molecule has 2 heterocycles. The van der Waals surface area contributed by atoms with Crippen molar-refractivity contribution in [1.82, 2.24) is 9.88 Å². The predicted octanol–water partition coefficient (Wildman–Crippen LogP) is 2.61. The Bertz CT molecular complexity index is 387. The molecule has 1 aromatic heterocycles. The van der Waals surface area contributed by atoms with Crippen LogP contribution in [-0.4, -0.2) is 37.1 Å². The molecule has 0 amide bonds. The highest BCUT2D eigenvalue weighted by Gasteiger charge is 2.26. The van der Waals surface area contributed by atoms with Crippen LogP contribution in [0, 0.1) is 6.92 Å². The molecule has 1 aromatic rings. The SMILES string of the molecule is CCN1CCC[C@H]1c1cnc(N(C)C)cc1C. The first-order valence-corrected chi connectivity index (χ1v) is 6.51. The van der Waals surface area contributed by atoms with Crippen molar-refractivity contribution in [1.29, 1.82) is 0 Å². The minimum atomic E-state index is 0.587. The molecule has 0 aliphatic carbocycles. The topological polar surface area (TPSA) is 19.4 Å². The van der Waals surface area contributed by atoms with E-state index in [1.807, 2.05) is 14.1 Å². The van der Waals surface area contributed by atoms with Crippen molar-refractivity contribution in [2.24, 2.45) is 0 Å². The van der Waals surface area contributed by atoms with Crippen LogP contribution in [0.3, 0.4) is 0 Å². The molecule has 3 heteroatoms. The Labute approximate surface area is 104 Å². The molecule has 17 heavy (non-hydrogen) atoms. The normalized spacial score (nSPS) is 20.8. The first-order chi connectivity index (χ1) is 8.13. The van der Waals surface area contributed by atoms with Crippen molar-refractivity contribution < 1.29 is 0 Å². The van der Waals surface area contributed by atoms with E-state index in [1.165, 1.54) is 30.5 Å². The van der Waals surface area contributed by atoms with E-state index in [0.717, 1.165) is 12.4 Å². The number of likely N-dealkylation sites (tertiary alicyclic amines) is 1. The summed E-state index contributed by atoms with van der Waals surface area (Å²) in [6.45, 7) is 6.82. The number of nitrogens with zero attached hydrogens (tertiary/aromatic N) is 3. The number of hydrogen-bond acceptors (Lipinski definition) is 3. The number of hydrogen-bond donors (Lipinski definition) is 0. The third-order valence-electron chi connectivity index (χ3n) is 3.72. The quantitative estimate of drug-likeness (QED) is 0.800. The summed E-state index contributed by atoms with van der Waals surface area (Å²) in [5.74, 6) is 1.05. The van der Waals surface area contributed by atoms with Crippen LogP contribution in [0.25, 0.3) is 0 Å². The van der Waals surface area contributed by atoms with Crippen molar-refractivity contribution in [2.45, 2.75) is 32.7 Å². The number of pyridine rings is 1. The summed E-state index contributed by atoms with van der Waals surface area (Å²) < 4.78 is 0. The lowest BCUT2D eigenvalue weighted by atomic mass is 10.0. The zero-order chi connectivity index (χ0) is 12.4. The third kappa shape index (κ3) is 2.44. The summed E-state index contributed by atoms with van der Waals surface area (Å²) >= 11 is 0. The average molecular weight is 233 g/mol. The third-order valence-corrected chi connectivity index (χ3v) is 3.72. The summed E-state index contributed by atoms with van der Waals surface area (Å²) in [5.41, 5.74) is 2.78. The molecular weight excluding hydrogens is 210 g/mol. The van der Waals surface area contributed by atoms with Crippen LogP contribution in [0.1, 0.15) is 36.9 Å². The lowest BCUT2D eigenvalue weighted by Gasteiger charge is -2.25. The van der Waals surface area contributed by atoms with Crippen LogP contribution in [0.4, 0.5) is 5.82 Å². The summed E-state index contributed by atoms with van der Waals surface area (Å²) in [7, 11) is 4.07. The number of rotatable bonds is 3. The van der Waals surface area contributed by atoms with Gasteiger partial charge in [-0.2, -0.15) is 0 Å². The van der Waals surface area contributed by atoms with Crippen molar-refractivity contribution >= 4 is 5.82 Å². The molecule has 0 aromatic carbocycles. The van der Waals surface area contributed by atoms with Crippen molar-refractivity contribution in [2.75, 3.05) is 32.1 Å². The Morgan fingerprint density at radius 1 is 1.47 bits per heavy atom. The summed E-state index contributed by atoms with van der Waals surface area (Å²) in [4.78, 5) is 9.17. The molecule has 0 radical (unpaired) electrons. The smallest absolute Gasteiger partial charge is 0.128 e. The van der Waals surface area contributed by atoms with Gasteiger partial charge in [0, 0.05) is 26.3 Å². The molecule has 1 aliphatic heterocycles. The van der Waals surface area contributed by atoms with Gasteiger partial charge in [-0.3, -0.25) is 4.90 Å². The molecule has 3 nitrogen and oxygen atoms in total. The van der Waals surface area contributed by atoms with E-state index in [0.29, 0.717) is 6.04 Å². The molecule has 0 bridgehead atoms. The van der Waals surface area contributed by atoms with Gasteiger partial charge in [-0.15, -0.1) is 0 Å². The van der Waals surface area contributed by atoms with Gasteiger partial charge in [-0.25, -0.2) is 4.98 Å². The van der Waals surface area contributed by atoms with Crippen LogP contribution >= 0.6 is 0 Å². The Kier molecular flexibility index (Phi) is 3.67. The second-order valence-electron chi connectivity index (χ2n) is 5.08. The first-order valence-electron chi connectivity index (χ1n) is 6.51. The minimum Gasteiger partial charge on any atom is -0.363 e. The van der Waals surface area contributed by atoms with Gasteiger partial charge in [0.1, 0.15) is 5.82 Å². The molecule has 0 N–H and O–H groups in total. The van der Waals surface area contributed by atoms with Gasteiger partial charge in [0.15, 0.2) is 0 Å². The fourth-order valence-corrected chi connectivity index (χ4v) is 2.70. The van der Waals surface area contributed by atoms with Gasteiger partial charge in [0.25, 0.3) is 0 Å². The van der Waals surface area contributed by atoms with Gasteiger partial charge >= 0.3 is 0 Å². The lowest BCUT2D eigenvalue weighted by molar-refractivity contribution is 0.270. The zero-order valence-electron chi connectivity index (χ0n) is 11.4. The summed E-state index contributed by atoms with van der Waals surface area (Å²) in [6, 6.07) is 2.78. The van der Waals surface area contributed by atoms with E-state index >= 15 is 0 Å². The van der Waals surface area contributed by atoms with Gasteiger partial charge in [0.05, 0.1) is 0 Å². The maximum Gasteiger partial charge on any atom is 0.128 e. The van der Waals surface area contributed by atoms with E-state index < -0.39 is 0 Å². The van der Waals surface area contributed by atoms with Crippen LogP contribution in [-0.2, 0) is 0 Å². The van der Waals surface area contributed by atoms with E-state index in [1.54, 1.807) is 0 Å². The maximum absolute atomic E-state index is 4.55. The van der Waals surface area contributed by atoms with Gasteiger partial charge in [0.2, 0.25) is 0 Å². The second kappa shape index (κ2) is 5.05. The Morgan fingerprint density at radius 3 is 2.82 bits per heavy atom. The Balaban J connectivity index is 2.27. The van der Waals surface area contributed by atoms with Crippen molar-refractivity contribution in [3.8, 4) is 0 Å². The fourth-order valence-electron chi connectivity index (χ4n) is 2.70. The van der Waals surface area contributed by atoms with E-state index in [2.05, 4.69) is 40.9 Å². The van der Waals surface area contributed by atoms with Crippen molar-refractivity contribution in [3.05, 3.63) is 23.4 Å². The highest BCUT2D eigenvalue weighted by molar-refractivity contribution is 5.42. The van der Waals surface area contributed by atoms with E-state index in [4.69, 9.17) is 0 Å². The number of anilines is 1. The Morgan fingerprint density at radius 2 is 2.24 bits per heavy atom. The molecule has 2 rings (SSSR count). The van der Waals surface area contributed by atoms with E-state index in [-0.39, 0.29) is 0 Å². The molecule has 94 valence electrons. The predicted molar refractivity (Wildman–Crippen MR) is 72.5 cm³/mol. The molecule has 1 aliphatic rings. The molecule has 1 atom stereocenters. The van der Waals surface area contributed by atoms with Crippen LogP contribution in [0.2, 0.25) is 0 Å². The summed E-state index contributed by atoms with van der Waals surface area (Å²) in [5, 5.41) is 0. The zero-order valence-corrected chi connectivity index (χ0v) is 11.4. The molecule has 0 unspecified atom stereocenters. The van der Waals surface area contributed by atoms with Crippen molar-refractivity contribution in [3.63, 3.8) is 0 Å². The molecule has 0 saturated carbocycles. The van der Waals surface area contributed by atoms with Gasteiger partial charge in [-0.05, 0) is 50.0 Å². The maximum atomic E-state index is 4.55. The lowest BCUT2D eigenvalue weighted by Crippen LogP contribution is -2.23. The first kappa shape index (κ1) is 12.4. The van der Waals surface area contributed by atoms with E-state index in [9.17, 15) is 0 Å². The monoisotopic (exact) mass is 233 g/mol. The molecule has 1 fully saturated rings.